The maximum absolute atomic E-state index is 12.5. The van der Waals surface area contributed by atoms with E-state index in [0.29, 0.717) is 11.3 Å². The number of sulfonamides is 1. The van der Waals surface area contributed by atoms with Crippen LogP contribution in [-0.4, -0.2) is 38.5 Å². The molecule has 0 saturated heterocycles. The molecule has 3 rings (SSSR count). The van der Waals surface area contributed by atoms with E-state index in [-0.39, 0.29) is 39.2 Å². The third kappa shape index (κ3) is 7.75. The van der Waals surface area contributed by atoms with Gasteiger partial charge in [0.1, 0.15) is 11.5 Å². The number of nitrogens with one attached hydrogen (secondary N) is 1. The molecule has 3 aromatic carbocycles. The number of hydrogen-bond donors (Lipinski definition) is 1. The van der Waals surface area contributed by atoms with Crippen molar-refractivity contribution in [3.63, 3.8) is 0 Å². The highest BCUT2D eigenvalue weighted by Gasteiger charge is 2.31. The second-order valence-electron chi connectivity index (χ2n) is 7.27. The molecule has 0 fully saturated rings. The predicted molar refractivity (Wildman–Crippen MR) is 129 cm³/mol. The first-order valence-corrected chi connectivity index (χ1v) is 12.7. The maximum Gasteiger partial charge on any atom is 0.573 e. The molecule has 0 saturated carbocycles. The summed E-state index contributed by atoms with van der Waals surface area (Å²) in [5.74, 6) is -0.376. The lowest BCUT2D eigenvalue weighted by Gasteiger charge is -2.11. The van der Waals surface area contributed by atoms with Crippen LogP contribution in [0.2, 0.25) is 0 Å². The summed E-state index contributed by atoms with van der Waals surface area (Å²) < 4.78 is 73.0. The Labute approximate surface area is 209 Å². The van der Waals surface area contributed by atoms with E-state index in [0.717, 1.165) is 36.0 Å². The third-order valence-corrected chi connectivity index (χ3v) is 6.99. The zero-order chi connectivity index (χ0) is 26.3. The molecule has 190 valence electrons. The van der Waals surface area contributed by atoms with Crippen molar-refractivity contribution >= 4 is 38.4 Å². The monoisotopic (exact) mass is 539 g/mol. The molecule has 1 N–H and O–H groups in total. The van der Waals surface area contributed by atoms with Gasteiger partial charge in [0.05, 0.1) is 17.8 Å². The Hall–Kier alpha value is -3.51. The fraction of sp³-hybridized carbons (Fsp3) is 0.167. The normalized spacial score (nSPS) is 11.6. The molecule has 0 bridgehead atoms. The first-order valence-electron chi connectivity index (χ1n) is 10.3. The Kier molecular flexibility index (Phi) is 8.64. The van der Waals surface area contributed by atoms with Gasteiger partial charge in [-0.1, -0.05) is 30.0 Å². The molecule has 0 aliphatic rings. The first kappa shape index (κ1) is 27.1. The van der Waals surface area contributed by atoms with Crippen LogP contribution in [0.3, 0.4) is 0 Å². The van der Waals surface area contributed by atoms with E-state index in [9.17, 15) is 31.2 Å². The number of para-hydroxylation sites is 1. The highest BCUT2D eigenvalue weighted by molar-refractivity contribution is 8.14. The number of carbonyl (C=O) groups excluding carboxylic acids is 2. The van der Waals surface area contributed by atoms with Crippen molar-refractivity contribution in [2.45, 2.75) is 17.7 Å². The van der Waals surface area contributed by atoms with Gasteiger partial charge in [-0.25, -0.2) is 8.42 Å². The molecule has 0 aliphatic carbocycles. The van der Waals surface area contributed by atoms with Crippen LogP contribution in [0.15, 0.2) is 77.7 Å². The molecule has 7 nitrogen and oxygen atoms in total. The van der Waals surface area contributed by atoms with Crippen molar-refractivity contribution in [1.82, 2.24) is 0 Å². The molecule has 0 unspecified atom stereocenters. The van der Waals surface area contributed by atoms with Gasteiger partial charge in [0.15, 0.2) is 10.9 Å². The SMILES string of the molecule is COc1ccccc1CC(=O)SCC(=O)c1ccc(NS(=O)(=O)c2ccc(OC(F)(F)F)cc2)cc1. The van der Waals surface area contributed by atoms with Crippen LogP contribution < -0.4 is 14.2 Å². The fourth-order valence-electron chi connectivity index (χ4n) is 3.04. The van der Waals surface area contributed by atoms with Crippen molar-refractivity contribution in [3.05, 3.63) is 83.9 Å². The summed E-state index contributed by atoms with van der Waals surface area (Å²) in [6.45, 7) is 0. The number of carbonyl (C=O) groups is 2. The molecular formula is C24H20F3NO6S2. The topological polar surface area (TPSA) is 98.8 Å². The van der Waals surface area contributed by atoms with E-state index in [2.05, 4.69) is 9.46 Å². The molecule has 0 amide bonds. The number of rotatable bonds is 10. The number of anilines is 1. The van der Waals surface area contributed by atoms with Crippen molar-refractivity contribution < 1.29 is 40.7 Å². The van der Waals surface area contributed by atoms with Gasteiger partial charge in [-0.15, -0.1) is 13.2 Å². The lowest BCUT2D eigenvalue weighted by atomic mass is 10.1. The molecule has 12 heteroatoms. The molecule has 0 heterocycles. The summed E-state index contributed by atoms with van der Waals surface area (Å²) in [5.41, 5.74) is 1.13. The Balaban J connectivity index is 1.56. The molecule has 0 aromatic heterocycles. The molecule has 36 heavy (non-hydrogen) atoms. The Morgan fingerprint density at radius 2 is 1.58 bits per heavy atom. The van der Waals surface area contributed by atoms with Crippen molar-refractivity contribution in [1.29, 1.82) is 0 Å². The van der Waals surface area contributed by atoms with Crippen molar-refractivity contribution in [3.8, 4) is 11.5 Å². The van der Waals surface area contributed by atoms with Gasteiger partial charge in [-0.05, 0) is 54.6 Å². The van der Waals surface area contributed by atoms with E-state index >= 15 is 0 Å². The standard InChI is InChI=1S/C24H20F3NO6S2/c1-33-22-5-3-2-4-17(22)14-23(30)35-15-21(29)16-6-8-18(9-7-16)28-36(31,32)20-12-10-19(11-13-20)34-24(25,26)27/h2-13,28H,14-15H2,1H3. The van der Waals surface area contributed by atoms with E-state index in [4.69, 9.17) is 4.74 Å². The molecule has 0 aliphatic heterocycles. The quantitative estimate of drug-likeness (QED) is 0.359. The van der Waals surface area contributed by atoms with Gasteiger partial charge in [0.25, 0.3) is 10.0 Å². The Morgan fingerprint density at radius 3 is 2.19 bits per heavy atom. The average Bonchev–Trinajstić information content (AvgIpc) is 2.82. The summed E-state index contributed by atoms with van der Waals surface area (Å²) in [4.78, 5) is 24.4. The zero-order valence-corrected chi connectivity index (χ0v) is 20.4. The predicted octanol–water partition coefficient (Wildman–Crippen LogP) is 5.08. The average molecular weight is 540 g/mol. The minimum Gasteiger partial charge on any atom is -0.496 e. The minimum absolute atomic E-state index is 0.0919. The maximum atomic E-state index is 12.5. The highest BCUT2D eigenvalue weighted by atomic mass is 32.2. The summed E-state index contributed by atoms with van der Waals surface area (Å²) >= 11 is 0.873. The van der Waals surface area contributed by atoms with Crippen LogP contribution in [0.4, 0.5) is 18.9 Å². The second-order valence-corrected chi connectivity index (χ2v) is 9.99. The van der Waals surface area contributed by atoms with Crippen molar-refractivity contribution in [2.75, 3.05) is 17.6 Å². The van der Waals surface area contributed by atoms with Crippen LogP contribution >= 0.6 is 11.8 Å². The Bertz CT molecular complexity index is 1330. The molecular weight excluding hydrogens is 519 g/mol. The van der Waals surface area contributed by atoms with Crippen LogP contribution in [0.1, 0.15) is 15.9 Å². The van der Waals surface area contributed by atoms with Gasteiger partial charge in [0.2, 0.25) is 0 Å². The highest BCUT2D eigenvalue weighted by Crippen LogP contribution is 2.25. The second kappa shape index (κ2) is 11.5. The number of ether oxygens (including phenoxy) is 2. The lowest BCUT2D eigenvalue weighted by Crippen LogP contribution is -2.17. The molecule has 0 spiro atoms. The van der Waals surface area contributed by atoms with Crippen LogP contribution in [0, 0.1) is 0 Å². The minimum atomic E-state index is -4.89. The van der Waals surface area contributed by atoms with Gasteiger partial charge in [-0.3, -0.25) is 14.3 Å². The third-order valence-electron chi connectivity index (χ3n) is 4.72. The number of alkyl halides is 3. The number of methoxy groups -OCH3 is 1. The Morgan fingerprint density at radius 1 is 0.944 bits per heavy atom. The fourth-order valence-corrected chi connectivity index (χ4v) is 4.82. The van der Waals surface area contributed by atoms with E-state index in [1.807, 2.05) is 0 Å². The summed E-state index contributed by atoms with van der Waals surface area (Å²) in [6, 6.07) is 16.4. The zero-order valence-electron chi connectivity index (χ0n) is 18.7. The van der Waals surface area contributed by atoms with E-state index in [1.54, 1.807) is 24.3 Å². The number of hydrogen-bond acceptors (Lipinski definition) is 7. The van der Waals surface area contributed by atoms with Crippen LogP contribution in [0.5, 0.6) is 11.5 Å². The van der Waals surface area contributed by atoms with Crippen LogP contribution in [-0.2, 0) is 21.2 Å². The van der Waals surface area contributed by atoms with Gasteiger partial charge >= 0.3 is 6.36 Å². The largest absolute Gasteiger partial charge is 0.573 e. The number of halogens is 3. The van der Waals surface area contributed by atoms with Crippen molar-refractivity contribution in [2.24, 2.45) is 0 Å². The number of Topliss-reactive ketones (excluding diaryl/α,β-unsaturated/α-hetero) is 1. The van der Waals surface area contributed by atoms with Gasteiger partial charge in [-0.2, -0.15) is 0 Å². The number of ketones is 1. The smallest absolute Gasteiger partial charge is 0.496 e. The lowest BCUT2D eigenvalue weighted by molar-refractivity contribution is -0.274. The van der Waals surface area contributed by atoms with Crippen LogP contribution in [0.25, 0.3) is 0 Å². The summed E-state index contributed by atoms with van der Waals surface area (Å²) in [5, 5.41) is -0.205. The van der Waals surface area contributed by atoms with Gasteiger partial charge in [0, 0.05) is 23.2 Å². The number of benzene rings is 3. The summed E-state index contributed by atoms with van der Waals surface area (Å²) in [7, 11) is -2.59. The summed E-state index contributed by atoms with van der Waals surface area (Å²) in [6.07, 6.45) is -4.79. The van der Waals surface area contributed by atoms with Gasteiger partial charge < -0.3 is 9.47 Å². The first-order chi connectivity index (χ1) is 17.0. The number of thioether (sulfide) groups is 1. The molecule has 3 aromatic rings. The van der Waals surface area contributed by atoms with E-state index < -0.39 is 22.1 Å². The van der Waals surface area contributed by atoms with E-state index in [1.165, 1.54) is 31.4 Å². The molecule has 0 radical (unpaired) electrons. The molecule has 0 atom stereocenters.